The minimum atomic E-state index is -3.60. The number of aromatic nitrogens is 1. The van der Waals surface area contributed by atoms with Gasteiger partial charge in [-0.15, -0.1) is 0 Å². The van der Waals surface area contributed by atoms with Gasteiger partial charge in [0.05, 0.1) is 4.90 Å². The van der Waals surface area contributed by atoms with Crippen molar-refractivity contribution in [1.82, 2.24) is 15.0 Å². The van der Waals surface area contributed by atoms with E-state index in [0.717, 1.165) is 31.2 Å². The number of amides is 1. The Kier molecular flexibility index (Phi) is 6.00. The minimum absolute atomic E-state index is 0.00281. The van der Waals surface area contributed by atoms with E-state index < -0.39 is 10.0 Å². The molecule has 1 aliphatic carbocycles. The van der Waals surface area contributed by atoms with Gasteiger partial charge in [-0.2, -0.15) is 0 Å². The summed E-state index contributed by atoms with van der Waals surface area (Å²) in [4.78, 5) is 16.5. The number of hydrogen-bond donors (Lipinski definition) is 2. The summed E-state index contributed by atoms with van der Waals surface area (Å²) in [6.45, 7) is 0.460. The lowest BCUT2D eigenvalue weighted by molar-refractivity contribution is 0.0954. The summed E-state index contributed by atoms with van der Waals surface area (Å²) in [6, 6.07) is 9.95. The van der Waals surface area contributed by atoms with Gasteiger partial charge in [-0.05, 0) is 49.1 Å². The van der Waals surface area contributed by atoms with Crippen LogP contribution in [0.5, 0.6) is 0 Å². The zero-order chi connectivity index (χ0) is 18.4. The first-order valence-electron chi connectivity index (χ1n) is 8.84. The molecule has 0 saturated heterocycles. The third-order valence-electron chi connectivity index (χ3n) is 4.51. The quantitative estimate of drug-likeness (QED) is 0.779. The van der Waals surface area contributed by atoms with Crippen molar-refractivity contribution in [1.29, 1.82) is 0 Å². The van der Waals surface area contributed by atoms with Crippen LogP contribution in [-0.4, -0.2) is 31.9 Å². The molecular formula is C19H23N3O3S. The van der Waals surface area contributed by atoms with Gasteiger partial charge >= 0.3 is 0 Å². The highest BCUT2D eigenvalue weighted by Crippen LogP contribution is 2.20. The number of nitrogens with one attached hydrogen (secondary N) is 2. The lowest BCUT2D eigenvalue weighted by Gasteiger charge is -2.13. The van der Waals surface area contributed by atoms with E-state index in [0.29, 0.717) is 18.5 Å². The smallest absolute Gasteiger partial charge is 0.251 e. The van der Waals surface area contributed by atoms with Crippen molar-refractivity contribution in [2.24, 2.45) is 0 Å². The van der Waals surface area contributed by atoms with Gasteiger partial charge in [0.2, 0.25) is 10.0 Å². The van der Waals surface area contributed by atoms with Crippen molar-refractivity contribution in [3.05, 3.63) is 59.9 Å². The minimum Gasteiger partial charge on any atom is -0.352 e. The summed E-state index contributed by atoms with van der Waals surface area (Å²) >= 11 is 0. The van der Waals surface area contributed by atoms with E-state index >= 15 is 0 Å². The highest BCUT2D eigenvalue weighted by molar-refractivity contribution is 7.89. The van der Waals surface area contributed by atoms with Crippen molar-refractivity contribution >= 4 is 15.9 Å². The maximum Gasteiger partial charge on any atom is 0.251 e. The molecule has 2 aromatic rings. The van der Waals surface area contributed by atoms with Gasteiger partial charge in [-0.3, -0.25) is 9.78 Å². The first-order valence-corrected chi connectivity index (χ1v) is 10.3. The summed E-state index contributed by atoms with van der Waals surface area (Å²) in [5.74, 6) is -0.285. The molecule has 6 nitrogen and oxygen atoms in total. The molecule has 1 fully saturated rings. The molecule has 0 aliphatic heterocycles. The molecule has 138 valence electrons. The van der Waals surface area contributed by atoms with E-state index in [4.69, 9.17) is 0 Å². The molecule has 1 aromatic carbocycles. The molecule has 1 aliphatic rings. The number of benzene rings is 1. The van der Waals surface area contributed by atoms with Gasteiger partial charge < -0.3 is 5.32 Å². The first-order chi connectivity index (χ1) is 12.5. The van der Waals surface area contributed by atoms with Crippen molar-refractivity contribution in [3.63, 3.8) is 0 Å². The number of rotatable bonds is 7. The summed E-state index contributed by atoms with van der Waals surface area (Å²) in [6.07, 6.45) is 7.96. The highest BCUT2D eigenvalue weighted by atomic mass is 32.2. The summed E-state index contributed by atoms with van der Waals surface area (Å²) in [7, 11) is -3.60. The molecule has 2 N–H and O–H groups in total. The molecule has 7 heteroatoms. The Labute approximate surface area is 154 Å². The molecular weight excluding hydrogens is 350 g/mol. The lowest BCUT2D eigenvalue weighted by atomic mass is 10.2. The van der Waals surface area contributed by atoms with Crippen LogP contribution >= 0.6 is 0 Å². The maximum atomic E-state index is 12.5. The normalized spacial score (nSPS) is 15.1. The van der Waals surface area contributed by atoms with Crippen LogP contribution in [0, 0.1) is 0 Å². The van der Waals surface area contributed by atoms with Crippen LogP contribution in [-0.2, 0) is 16.4 Å². The largest absolute Gasteiger partial charge is 0.352 e. The third kappa shape index (κ3) is 4.89. The van der Waals surface area contributed by atoms with Gasteiger partial charge in [0, 0.05) is 30.5 Å². The molecule has 1 amide bonds. The standard InChI is InChI=1S/C19H23N3O3S/c23-19(21-12-10-15-5-4-11-20-14-15)16-6-3-9-18(13-16)26(24,25)22-17-7-1-2-8-17/h3-6,9,11,13-14,17,22H,1-2,7-8,10,12H2,(H,21,23). The summed E-state index contributed by atoms with van der Waals surface area (Å²) in [5, 5.41) is 2.82. The van der Waals surface area contributed by atoms with Crippen molar-refractivity contribution in [3.8, 4) is 0 Å². The molecule has 0 atom stereocenters. The highest BCUT2D eigenvalue weighted by Gasteiger charge is 2.23. The first kappa shape index (κ1) is 18.5. The second kappa shape index (κ2) is 8.42. The van der Waals surface area contributed by atoms with Crippen molar-refractivity contribution in [2.45, 2.75) is 43.0 Å². The molecule has 3 rings (SSSR count). The Morgan fingerprint density at radius 3 is 2.69 bits per heavy atom. The van der Waals surface area contributed by atoms with Gasteiger partial charge in [-0.1, -0.05) is 25.0 Å². The average Bonchev–Trinajstić information content (AvgIpc) is 3.15. The Morgan fingerprint density at radius 2 is 1.96 bits per heavy atom. The molecule has 0 spiro atoms. The van der Waals surface area contributed by atoms with Crippen molar-refractivity contribution < 1.29 is 13.2 Å². The summed E-state index contributed by atoms with van der Waals surface area (Å²) in [5.41, 5.74) is 1.37. The molecule has 1 aromatic heterocycles. The van der Waals surface area contributed by atoms with Crippen LogP contribution in [0.2, 0.25) is 0 Å². The van der Waals surface area contributed by atoms with E-state index in [1.807, 2.05) is 12.1 Å². The van der Waals surface area contributed by atoms with Gasteiger partial charge in [0.25, 0.3) is 5.91 Å². The van der Waals surface area contributed by atoms with E-state index in [-0.39, 0.29) is 16.8 Å². The van der Waals surface area contributed by atoms with Crippen LogP contribution in [0.3, 0.4) is 0 Å². The molecule has 0 radical (unpaired) electrons. The zero-order valence-corrected chi connectivity index (χ0v) is 15.3. The van der Waals surface area contributed by atoms with E-state index in [2.05, 4.69) is 15.0 Å². The fourth-order valence-electron chi connectivity index (χ4n) is 3.10. The van der Waals surface area contributed by atoms with Crippen LogP contribution in [0.4, 0.5) is 0 Å². The number of carbonyl (C=O) groups is 1. The molecule has 26 heavy (non-hydrogen) atoms. The number of hydrogen-bond acceptors (Lipinski definition) is 4. The Bertz CT molecular complexity index is 847. The van der Waals surface area contributed by atoms with E-state index in [1.165, 1.54) is 12.1 Å². The van der Waals surface area contributed by atoms with Gasteiger partial charge in [0.1, 0.15) is 0 Å². The second-order valence-electron chi connectivity index (χ2n) is 6.50. The molecule has 0 unspecified atom stereocenters. The molecule has 0 bridgehead atoms. The Balaban J connectivity index is 1.61. The fraction of sp³-hybridized carbons (Fsp3) is 0.368. The maximum absolute atomic E-state index is 12.5. The van der Waals surface area contributed by atoms with Crippen LogP contribution < -0.4 is 10.0 Å². The fourth-order valence-corrected chi connectivity index (χ4v) is 4.45. The predicted octanol–water partition coefficient (Wildman–Crippen LogP) is 2.28. The lowest BCUT2D eigenvalue weighted by Crippen LogP contribution is -2.33. The third-order valence-corrected chi connectivity index (χ3v) is 6.02. The number of pyridine rings is 1. The topological polar surface area (TPSA) is 88.2 Å². The van der Waals surface area contributed by atoms with Crippen LogP contribution in [0.1, 0.15) is 41.6 Å². The van der Waals surface area contributed by atoms with Crippen LogP contribution in [0.25, 0.3) is 0 Å². The Hall–Kier alpha value is -2.25. The average molecular weight is 373 g/mol. The van der Waals surface area contributed by atoms with Crippen LogP contribution in [0.15, 0.2) is 53.7 Å². The second-order valence-corrected chi connectivity index (χ2v) is 8.21. The number of nitrogens with zero attached hydrogens (tertiary/aromatic N) is 1. The monoisotopic (exact) mass is 373 g/mol. The molecule has 1 heterocycles. The molecule has 1 saturated carbocycles. The zero-order valence-electron chi connectivity index (χ0n) is 14.5. The van der Waals surface area contributed by atoms with Crippen molar-refractivity contribution in [2.75, 3.05) is 6.54 Å². The Morgan fingerprint density at radius 1 is 1.15 bits per heavy atom. The number of carbonyl (C=O) groups excluding carboxylic acids is 1. The predicted molar refractivity (Wildman–Crippen MR) is 99.3 cm³/mol. The SMILES string of the molecule is O=C(NCCc1cccnc1)c1cccc(S(=O)(=O)NC2CCCC2)c1. The summed E-state index contributed by atoms with van der Waals surface area (Å²) < 4.78 is 27.8. The van der Waals surface area contributed by atoms with Gasteiger partial charge in [0.15, 0.2) is 0 Å². The number of sulfonamides is 1. The van der Waals surface area contributed by atoms with Gasteiger partial charge in [-0.25, -0.2) is 13.1 Å². The van der Waals surface area contributed by atoms with E-state index in [9.17, 15) is 13.2 Å². The van der Waals surface area contributed by atoms with E-state index in [1.54, 1.807) is 24.5 Å².